The number of rotatable bonds is 10. The maximum absolute atomic E-state index is 13.3. The van der Waals surface area contributed by atoms with E-state index in [-0.39, 0.29) is 12.5 Å². The Morgan fingerprint density at radius 3 is 2.47 bits per heavy atom. The van der Waals surface area contributed by atoms with E-state index < -0.39 is 0 Å². The number of nitrogens with zero attached hydrogens (tertiary/aromatic N) is 3. The summed E-state index contributed by atoms with van der Waals surface area (Å²) >= 11 is 1.56. The van der Waals surface area contributed by atoms with Crippen molar-refractivity contribution in [2.45, 2.75) is 27.2 Å². The number of morpholine rings is 1. The van der Waals surface area contributed by atoms with Gasteiger partial charge in [0.25, 0.3) is 5.91 Å². The maximum Gasteiger partial charge on any atom is 0.266 e. The molecule has 34 heavy (non-hydrogen) atoms. The van der Waals surface area contributed by atoms with Crippen molar-refractivity contribution in [1.29, 1.82) is 0 Å². The van der Waals surface area contributed by atoms with Crippen LogP contribution in [0.15, 0.2) is 36.4 Å². The molecule has 3 aromatic rings. The molecule has 2 heterocycles. The standard InChI is InChI=1S/C26H33N3O4S/c1-4-32-21-6-8-22(9-7-21)33-18-25(30)29(11-5-10-28-12-14-31-15-13-28)26-27-23-16-19(2)20(3)17-24(23)34-26/h6-9,16-17H,4-5,10-15,18H2,1-3H3. The highest BCUT2D eigenvalue weighted by Crippen LogP contribution is 2.31. The fourth-order valence-corrected chi connectivity index (χ4v) is 5.00. The number of amides is 1. The van der Waals surface area contributed by atoms with E-state index in [0.29, 0.717) is 18.9 Å². The summed E-state index contributed by atoms with van der Waals surface area (Å²) in [5.74, 6) is 1.33. The van der Waals surface area contributed by atoms with Gasteiger partial charge < -0.3 is 14.2 Å². The van der Waals surface area contributed by atoms with Gasteiger partial charge in [-0.3, -0.25) is 14.6 Å². The minimum Gasteiger partial charge on any atom is -0.494 e. The quantitative estimate of drug-likeness (QED) is 0.425. The number of ether oxygens (including phenoxy) is 3. The maximum atomic E-state index is 13.3. The normalized spacial score (nSPS) is 14.3. The Labute approximate surface area is 205 Å². The SMILES string of the molecule is CCOc1ccc(OCC(=O)N(CCCN2CCOCC2)c2nc3cc(C)c(C)cc3s2)cc1. The van der Waals surface area contributed by atoms with Crippen LogP contribution in [0, 0.1) is 13.8 Å². The molecule has 0 spiro atoms. The van der Waals surface area contributed by atoms with Crippen molar-refractivity contribution in [2.24, 2.45) is 0 Å². The molecule has 1 aliphatic heterocycles. The highest BCUT2D eigenvalue weighted by molar-refractivity contribution is 7.22. The van der Waals surface area contributed by atoms with E-state index in [9.17, 15) is 4.79 Å². The van der Waals surface area contributed by atoms with Crippen LogP contribution in [-0.4, -0.2) is 68.4 Å². The van der Waals surface area contributed by atoms with E-state index in [2.05, 4.69) is 30.9 Å². The minimum absolute atomic E-state index is 0.0421. The lowest BCUT2D eigenvalue weighted by Crippen LogP contribution is -2.40. The number of carbonyl (C=O) groups is 1. The van der Waals surface area contributed by atoms with Gasteiger partial charge in [-0.05, 0) is 74.7 Å². The van der Waals surface area contributed by atoms with Crippen molar-refractivity contribution in [3.63, 3.8) is 0 Å². The van der Waals surface area contributed by atoms with Crippen molar-refractivity contribution in [3.05, 3.63) is 47.5 Å². The molecule has 0 bridgehead atoms. The largest absolute Gasteiger partial charge is 0.494 e. The lowest BCUT2D eigenvalue weighted by molar-refractivity contribution is -0.120. The minimum atomic E-state index is -0.0941. The zero-order valence-corrected chi connectivity index (χ0v) is 21.0. The smallest absolute Gasteiger partial charge is 0.266 e. The molecule has 1 aromatic heterocycles. The fourth-order valence-electron chi connectivity index (χ4n) is 3.91. The van der Waals surface area contributed by atoms with Gasteiger partial charge >= 0.3 is 0 Å². The van der Waals surface area contributed by atoms with Crippen molar-refractivity contribution < 1.29 is 19.0 Å². The molecule has 0 aliphatic carbocycles. The number of hydrogen-bond acceptors (Lipinski definition) is 7. The molecule has 0 unspecified atom stereocenters. The van der Waals surface area contributed by atoms with Gasteiger partial charge in [0, 0.05) is 26.2 Å². The predicted molar refractivity (Wildman–Crippen MR) is 136 cm³/mol. The van der Waals surface area contributed by atoms with Crippen LogP contribution >= 0.6 is 11.3 Å². The summed E-state index contributed by atoms with van der Waals surface area (Å²) in [6.07, 6.45) is 0.864. The number of hydrogen-bond donors (Lipinski definition) is 0. The number of aromatic nitrogens is 1. The van der Waals surface area contributed by atoms with E-state index in [1.54, 1.807) is 16.2 Å². The Bertz CT molecular complexity index is 1050. The Kier molecular flexibility index (Phi) is 8.37. The summed E-state index contributed by atoms with van der Waals surface area (Å²) in [5.41, 5.74) is 3.36. The second kappa shape index (κ2) is 11.6. The molecule has 0 saturated carbocycles. The fraction of sp³-hybridized carbons (Fsp3) is 0.462. The lowest BCUT2D eigenvalue weighted by atomic mass is 10.1. The molecule has 1 saturated heterocycles. The molecule has 0 atom stereocenters. The highest BCUT2D eigenvalue weighted by atomic mass is 32.1. The first-order valence-electron chi connectivity index (χ1n) is 11.9. The third-order valence-electron chi connectivity index (χ3n) is 5.98. The van der Waals surface area contributed by atoms with Gasteiger partial charge in [0.15, 0.2) is 11.7 Å². The summed E-state index contributed by atoms with van der Waals surface area (Å²) in [5, 5.41) is 0.724. The summed E-state index contributed by atoms with van der Waals surface area (Å²) in [4.78, 5) is 22.3. The van der Waals surface area contributed by atoms with Crippen LogP contribution in [0.25, 0.3) is 10.2 Å². The van der Waals surface area contributed by atoms with Crippen molar-refractivity contribution in [1.82, 2.24) is 9.88 Å². The van der Waals surface area contributed by atoms with E-state index >= 15 is 0 Å². The van der Waals surface area contributed by atoms with Crippen LogP contribution in [0.1, 0.15) is 24.5 Å². The van der Waals surface area contributed by atoms with Gasteiger partial charge in [-0.1, -0.05) is 11.3 Å². The number of benzene rings is 2. The van der Waals surface area contributed by atoms with Crippen LogP contribution in [0.4, 0.5) is 5.13 Å². The third kappa shape index (κ3) is 6.25. The molecule has 0 N–H and O–H groups in total. The van der Waals surface area contributed by atoms with Crippen LogP contribution in [-0.2, 0) is 9.53 Å². The Balaban J connectivity index is 1.46. The lowest BCUT2D eigenvalue weighted by Gasteiger charge is -2.27. The molecular weight excluding hydrogens is 450 g/mol. The number of thiazole rings is 1. The van der Waals surface area contributed by atoms with Gasteiger partial charge in [0.2, 0.25) is 0 Å². The van der Waals surface area contributed by atoms with Crippen LogP contribution in [0.3, 0.4) is 0 Å². The summed E-state index contributed by atoms with van der Waals surface area (Å²) < 4.78 is 17.8. The number of carbonyl (C=O) groups excluding carboxylic acids is 1. The third-order valence-corrected chi connectivity index (χ3v) is 7.02. The molecule has 4 rings (SSSR count). The Hall–Kier alpha value is -2.68. The van der Waals surface area contributed by atoms with Crippen molar-refractivity contribution >= 4 is 32.6 Å². The Morgan fingerprint density at radius 2 is 1.76 bits per heavy atom. The summed E-state index contributed by atoms with van der Waals surface area (Å²) in [6.45, 7) is 11.7. The van der Waals surface area contributed by atoms with Gasteiger partial charge in [0.05, 0.1) is 30.0 Å². The zero-order chi connectivity index (χ0) is 23.9. The molecule has 7 nitrogen and oxygen atoms in total. The first kappa shape index (κ1) is 24.4. The number of aryl methyl sites for hydroxylation is 2. The number of anilines is 1. The highest BCUT2D eigenvalue weighted by Gasteiger charge is 2.21. The second-order valence-corrected chi connectivity index (χ2v) is 9.46. The van der Waals surface area contributed by atoms with E-state index in [1.807, 2.05) is 31.2 Å². The van der Waals surface area contributed by atoms with Gasteiger partial charge in [0.1, 0.15) is 11.5 Å². The van der Waals surface area contributed by atoms with Gasteiger partial charge in [-0.2, -0.15) is 0 Å². The molecule has 1 amide bonds. The first-order valence-corrected chi connectivity index (χ1v) is 12.7. The van der Waals surface area contributed by atoms with Gasteiger partial charge in [-0.15, -0.1) is 0 Å². The molecular formula is C26H33N3O4S. The number of fused-ring (bicyclic) bond motifs is 1. The molecule has 8 heteroatoms. The topological polar surface area (TPSA) is 64.1 Å². The average molecular weight is 484 g/mol. The zero-order valence-electron chi connectivity index (χ0n) is 20.2. The van der Waals surface area contributed by atoms with Crippen LogP contribution in [0.2, 0.25) is 0 Å². The molecule has 1 fully saturated rings. The van der Waals surface area contributed by atoms with Gasteiger partial charge in [-0.25, -0.2) is 4.98 Å². The molecule has 2 aromatic carbocycles. The summed E-state index contributed by atoms with van der Waals surface area (Å²) in [6, 6.07) is 11.6. The Morgan fingerprint density at radius 1 is 1.09 bits per heavy atom. The second-order valence-electron chi connectivity index (χ2n) is 8.45. The molecule has 1 aliphatic rings. The molecule has 182 valence electrons. The van der Waals surface area contributed by atoms with E-state index in [0.717, 1.165) is 60.4 Å². The monoisotopic (exact) mass is 483 g/mol. The first-order chi connectivity index (χ1) is 16.5. The summed E-state index contributed by atoms with van der Waals surface area (Å²) in [7, 11) is 0. The van der Waals surface area contributed by atoms with Crippen molar-refractivity contribution in [3.8, 4) is 11.5 Å². The predicted octanol–water partition coefficient (Wildman–Crippen LogP) is 4.45. The van der Waals surface area contributed by atoms with E-state index in [1.165, 1.54) is 11.1 Å². The average Bonchev–Trinajstić information content (AvgIpc) is 3.24. The van der Waals surface area contributed by atoms with Crippen LogP contribution in [0.5, 0.6) is 11.5 Å². The van der Waals surface area contributed by atoms with E-state index in [4.69, 9.17) is 19.2 Å². The van der Waals surface area contributed by atoms with Crippen LogP contribution < -0.4 is 14.4 Å². The molecule has 0 radical (unpaired) electrons. The van der Waals surface area contributed by atoms with Crippen molar-refractivity contribution in [2.75, 3.05) is 57.5 Å².